The molecule has 2 aromatic rings. The van der Waals surface area contributed by atoms with Crippen LogP contribution in [0.4, 0.5) is 8.78 Å². The van der Waals surface area contributed by atoms with Crippen LogP contribution in [0.5, 0.6) is 0 Å². The zero-order valence-corrected chi connectivity index (χ0v) is 7.83. The van der Waals surface area contributed by atoms with E-state index in [1.165, 1.54) is 24.3 Å². The molecule has 0 nitrogen and oxygen atoms in total. The zero-order chi connectivity index (χ0) is 8.81. The molecule has 0 amide bonds. The molecular formula is C10H8F2Fe. The van der Waals surface area contributed by atoms with E-state index in [9.17, 15) is 8.78 Å². The summed E-state index contributed by atoms with van der Waals surface area (Å²) in [4.78, 5) is 0. The van der Waals surface area contributed by atoms with E-state index >= 15 is 0 Å². The van der Waals surface area contributed by atoms with Crippen LogP contribution in [-0.2, 0) is 17.1 Å². The van der Waals surface area contributed by atoms with E-state index in [1.807, 2.05) is 0 Å². The summed E-state index contributed by atoms with van der Waals surface area (Å²) in [5.74, 6) is -0.315. The van der Waals surface area contributed by atoms with Crippen LogP contribution in [0, 0.1) is 11.6 Å². The molecule has 0 aliphatic rings. The van der Waals surface area contributed by atoms with Gasteiger partial charge in [-0.25, -0.2) is 24.3 Å². The molecule has 0 spiro atoms. The quantitative estimate of drug-likeness (QED) is 0.474. The number of rotatable bonds is 0. The van der Waals surface area contributed by atoms with Gasteiger partial charge in [-0.3, -0.25) is 8.78 Å². The normalized spacial score (nSPS) is 8.15. The van der Waals surface area contributed by atoms with Crippen molar-refractivity contribution in [3.8, 4) is 0 Å². The van der Waals surface area contributed by atoms with Gasteiger partial charge in [-0.05, 0) is 0 Å². The minimum atomic E-state index is -0.157. The van der Waals surface area contributed by atoms with E-state index in [-0.39, 0.29) is 28.7 Å². The minimum absolute atomic E-state index is 0. The summed E-state index contributed by atoms with van der Waals surface area (Å²) >= 11 is 0. The van der Waals surface area contributed by atoms with Crippen molar-refractivity contribution in [3.05, 3.63) is 60.2 Å². The first-order valence-electron chi connectivity index (χ1n) is 3.53. The maximum atomic E-state index is 11.7. The number of hydrogen-bond donors (Lipinski definition) is 0. The zero-order valence-electron chi connectivity index (χ0n) is 6.73. The second-order valence-electron chi connectivity index (χ2n) is 2.21. The SMILES string of the molecule is F[c-]1cccc1.F[c-]1cccc1.[Fe+2]. The largest absolute Gasteiger partial charge is 2.00 e. The minimum Gasteiger partial charge on any atom is -0.284 e. The Hall–Kier alpha value is -0.921. The van der Waals surface area contributed by atoms with Crippen LogP contribution >= 0.6 is 0 Å². The number of hydrogen-bond acceptors (Lipinski definition) is 0. The molecule has 0 saturated carbocycles. The molecule has 2 rings (SSSR count). The van der Waals surface area contributed by atoms with E-state index in [0.29, 0.717) is 0 Å². The molecule has 0 radical (unpaired) electrons. The first-order valence-corrected chi connectivity index (χ1v) is 3.53. The fraction of sp³-hybridized carbons (Fsp3) is 0. The van der Waals surface area contributed by atoms with Crippen LogP contribution in [0.25, 0.3) is 0 Å². The molecule has 70 valence electrons. The van der Waals surface area contributed by atoms with Gasteiger partial charge in [0.15, 0.2) is 0 Å². The molecule has 0 saturated heterocycles. The molecule has 0 atom stereocenters. The van der Waals surface area contributed by atoms with Crippen molar-refractivity contribution in [1.29, 1.82) is 0 Å². The van der Waals surface area contributed by atoms with Crippen LogP contribution in [0.1, 0.15) is 0 Å². The van der Waals surface area contributed by atoms with Gasteiger partial charge in [0.25, 0.3) is 0 Å². The Balaban J connectivity index is 0.000000206. The molecule has 0 aliphatic carbocycles. The Morgan fingerprint density at radius 2 is 0.846 bits per heavy atom. The second kappa shape index (κ2) is 6.58. The van der Waals surface area contributed by atoms with Crippen LogP contribution in [0.2, 0.25) is 0 Å². The Morgan fingerprint density at radius 1 is 0.615 bits per heavy atom. The smallest absolute Gasteiger partial charge is 0.284 e. The van der Waals surface area contributed by atoms with Crippen LogP contribution in [0.15, 0.2) is 48.5 Å². The molecule has 0 heterocycles. The summed E-state index contributed by atoms with van der Waals surface area (Å²) in [5, 5.41) is 0. The maximum Gasteiger partial charge on any atom is 2.00 e. The maximum absolute atomic E-state index is 11.7. The van der Waals surface area contributed by atoms with Gasteiger partial charge in [-0.2, -0.15) is 0 Å². The summed E-state index contributed by atoms with van der Waals surface area (Å²) in [6, 6.07) is 12.3. The van der Waals surface area contributed by atoms with Gasteiger partial charge in [0.1, 0.15) is 0 Å². The second-order valence-corrected chi connectivity index (χ2v) is 2.21. The van der Waals surface area contributed by atoms with Crippen LogP contribution in [-0.4, -0.2) is 0 Å². The molecule has 0 unspecified atom stereocenters. The third-order valence-electron chi connectivity index (χ3n) is 1.24. The van der Waals surface area contributed by atoms with Gasteiger partial charge in [0.05, 0.1) is 0 Å². The van der Waals surface area contributed by atoms with E-state index in [1.54, 1.807) is 24.3 Å². The average Bonchev–Trinajstić information content (AvgIpc) is 2.63. The van der Waals surface area contributed by atoms with Crippen molar-refractivity contribution in [2.45, 2.75) is 0 Å². The van der Waals surface area contributed by atoms with Gasteiger partial charge in [-0.15, -0.1) is 24.3 Å². The van der Waals surface area contributed by atoms with Crippen molar-refractivity contribution in [2.75, 3.05) is 0 Å². The third kappa shape index (κ3) is 5.34. The van der Waals surface area contributed by atoms with Gasteiger partial charge < -0.3 is 0 Å². The topological polar surface area (TPSA) is 0 Å². The first kappa shape index (κ1) is 12.1. The van der Waals surface area contributed by atoms with Gasteiger partial charge >= 0.3 is 17.1 Å². The fourth-order valence-electron chi connectivity index (χ4n) is 0.701. The Bertz CT molecular complexity index is 252. The Labute approximate surface area is 86.4 Å². The fourth-order valence-corrected chi connectivity index (χ4v) is 0.701. The van der Waals surface area contributed by atoms with Gasteiger partial charge in [0.2, 0.25) is 0 Å². The van der Waals surface area contributed by atoms with Crippen LogP contribution < -0.4 is 0 Å². The predicted octanol–water partition coefficient (Wildman–Crippen LogP) is 3.09. The molecule has 13 heavy (non-hydrogen) atoms. The van der Waals surface area contributed by atoms with Crippen molar-refractivity contribution < 1.29 is 25.8 Å². The molecule has 2 aromatic carbocycles. The average molecular weight is 222 g/mol. The molecule has 0 bridgehead atoms. The molecular weight excluding hydrogens is 214 g/mol. The van der Waals surface area contributed by atoms with Crippen molar-refractivity contribution in [3.63, 3.8) is 0 Å². The summed E-state index contributed by atoms with van der Waals surface area (Å²) in [7, 11) is 0. The molecule has 0 aliphatic heterocycles. The molecule has 0 fully saturated rings. The standard InChI is InChI=1S/2C5H4F.Fe/c2*6-5-3-1-2-4-5;/h2*1-4H;/q2*-1;+2. The summed E-state index contributed by atoms with van der Waals surface area (Å²) in [5.41, 5.74) is 0. The predicted molar refractivity (Wildman–Crippen MR) is 44.0 cm³/mol. The molecule has 3 heteroatoms. The summed E-state index contributed by atoms with van der Waals surface area (Å²) < 4.78 is 23.3. The monoisotopic (exact) mass is 222 g/mol. The van der Waals surface area contributed by atoms with Crippen molar-refractivity contribution in [2.24, 2.45) is 0 Å². The number of halogens is 2. The first-order chi connectivity index (χ1) is 5.79. The molecule has 0 aromatic heterocycles. The van der Waals surface area contributed by atoms with E-state index in [0.717, 1.165) is 0 Å². The third-order valence-corrected chi connectivity index (χ3v) is 1.24. The van der Waals surface area contributed by atoms with Crippen LogP contribution in [0.3, 0.4) is 0 Å². The Morgan fingerprint density at radius 3 is 0.923 bits per heavy atom. The van der Waals surface area contributed by atoms with E-state index in [2.05, 4.69) is 0 Å². The van der Waals surface area contributed by atoms with Crippen molar-refractivity contribution >= 4 is 0 Å². The van der Waals surface area contributed by atoms with Gasteiger partial charge in [-0.1, -0.05) is 0 Å². The van der Waals surface area contributed by atoms with E-state index < -0.39 is 0 Å². The molecule has 0 N–H and O–H groups in total. The van der Waals surface area contributed by atoms with Crippen molar-refractivity contribution in [1.82, 2.24) is 0 Å². The summed E-state index contributed by atoms with van der Waals surface area (Å²) in [6.07, 6.45) is 0. The van der Waals surface area contributed by atoms with Gasteiger partial charge in [0, 0.05) is 11.6 Å². The van der Waals surface area contributed by atoms with E-state index in [4.69, 9.17) is 0 Å². The Kier molecular flexibility index (Phi) is 6.11. The summed E-state index contributed by atoms with van der Waals surface area (Å²) in [6.45, 7) is 0.